The molecule has 0 spiro atoms. The zero-order valence-electron chi connectivity index (χ0n) is 5.79. The predicted molar refractivity (Wildman–Crippen MR) is 40.8 cm³/mol. The van der Waals surface area contributed by atoms with E-state index in [1.165, 1.54) is 3.57 Å². The molecular formula is C7H8IN3-2. The average molecular weight is 261 g/mol. The molecule has 0 aliphatic carbocycles. The summed E-state index contributed by atoms with van der Waals surface area (Å²) in [7, 11) is 0. The van der Waals surface area contributed by atoms with Crippen molar-refractivity contribution in [2.24, 2.45) is 5.73 Å². The van der Waals surface area contributed by atoms with E-state index in [9.17, 15) is 0 Å². The second kappa shape index (κ2) is 4.17. The number of benzene rings is 1. The van der Waals surface area contributed by atoms with Crippen LogP contribution in [0.3, 0.4) is 0 Å². The van der Waals surface area contributed by atoms with E-state index in [4.69, 9.17) is 11.1 Å². The van der Waals surface area contributed by atoms with Gasteiger partial charge in [-0.15, -0.1) is 0 Å². The summed E-state index contributed by atoms with van der Waals surface area (Å²) in [5.74, 6) is -0.193. The Morgan fingerprint density at radius 3 is 2.55 bits per heavy atom. The third-order valence-electron chi connectivity index (χ3n) is 0.986. The Morgan fingerprint density at radius 2 is 2.00 bits per heavy atom. The third-order valence-corrected chi connectivity index (χ3v) is 3.15. The van der Waals surface area contributed by atoms with E-state index in [2.05, 4.69) is 3.53 Å². The number of halogens is 1. The van der Waals surface area contributed by atoms with Gasteiger partial charge in [0.25, 0.3) is 0 Å². The minimum absolute atomic E-state index is 0.193. The van der Waals surface area contributed by atoms with Gasteiger partial charge in [-0.05, 0) is 0 Å². The number of nitrogens with zero attached hydrogens (tertiary/aromatic N) is 1. The van der Waals surface area contributed by atoms with Crippen molar-refractivity contribution in [1.82, 2.24) is 3.53 Å². The van der Waals surface area contributed by atoms with Gasteiger partial charge in [0, 0.05) is 0 Å². The fourth-order valence-corrected chi connectivity index (χ4v) is 1.94. The number of nitrogens with one attached hydrogen (secondary N) is 1. The van der Waals surface area contributed by atoms with Crippen LogP contribution in [0.4, 0.5) is 0 Å². The fraction of sp³-hybridized carbons (Fsp3) is 0. The molecule has 3 N–H and O–H groups in total. The normalized spacial score (nSPS) is 9.45. The summed E-state index contributed by atoms with van der Waals surface area (Å²) in [4.78, 5) is 0. The molecule has 0 aliphatic heterocycles. The van der Waals surface area contributed by atoms with E-state index in [-0.39, 0.29) is 27.4 Å². The van der Waals surface area contributed by atoms with E-state index in [1.807, 2.05) is 30.3 Å². The van der Waals surface area contributed by atoms with Crippen LogP contribution < -0.4 is 30.7 Å². The van der Waals surface area contributed by atoms with Crippen LogP contribution in [0.25, 0.3) is 5.41 Å². The topological polar surface area (TPSA) is 60.4 Å². The van der Waals surface area contributed by atoms with Crippen LogP contribution in [0, 0.1) is 3.57 Å². The molecule has 0 saturated heterocycles. The quantitative estimate of drug-likeness (QED) is 0.264. The molecule has 0 bridgehead atoms. The van der Waals surface area contributed by atoms with Crippen molar-refractivity contribution in [3.63, 3.8) is 0 Å². The van der Waals surface area contributed by atoms with Crippen molar-refractivity contribution in [1.29, 1.82) is 0 Å². The van der Waals surface area contributed by atoms with Crippen molar-refractivity contribution in [2.75, 3.05) is 0 Å². The molecule has 0 radical (unpaired) electrons. The molecular weight excluding hydrogens is 253 g/mol. The van der Waals surface area contributed by atoms with Gasteiger partial charge >= 0.3 is 76.0 Å². The first-order valence-electron chi connectivity index (χ1n) is 3.05. The van der Waals surface area contributed by atoms with Crippen LogP contribution in [-0.4, -0.2) is 5.96 Å². The van der Waals surface area contributed by atoms with E-state index >= 15 is 0 Å². The molecule has 0 fully saturated rings. The van der Waals surface area contributed by atoms with Crippen LogP contribution in [-0.2, 0) is 0 Å². The molecule has 1 aromatic rings. The van der Waals surface area contributed by atoms with Gasteiger partial charge < -0.3 is 0 Å². The van der Waals surface area contributed by atoms with Gasteiger partial charge in [-0.1, -0.05) is 0 Å². The SMILES string of the molecule is [N-]=C(N)N[I-]c1ccccc1. The van der Waals surface area contributed by atoms with Gasteiger partial charge in [0.1, 0.15) is 0 Å². The summed E-state index contributed by atoms with van der Waals surface area (Å²) in [5, 5.41) is 8.62. The van der Waals surface area contributed by atoms with Crippen molar-refractivity contribution in [3.05, 3.63) is 39.3 Å². The maximum absolute atomic E-state index is 8.62. The Morgan fingerprint density at radius 1 is 1.36 bits per heavy atom. The fourth-order valence-electron chi connectivity index (χ4n) is 0.581. The molecule has 0 aliphatic rings. The van der Waals surface area contributed by atoms with Crippen molar-refractivity contribution < 1.29 is 21.5 Å². The Hall–Kier alpha value is -0.780. The number of hydrogen-bond donors (Lipinski definition) is 2. The number of guanidine groups is 1. The molecule has 1 aromatic carbocycles. The van der Waals surface area contributed by atoms with Gasteiger partial charge in [0.15, 0.2) is 0 Å². The summed E-state index contributed by atoms with van der Waals surface area (Å²) in [6, 6.07) is 9.89. The summed E-state index contributed by atoms with van der Waals surface area (Å²) >= 11 is -0.376. The van der Waals surface area contributed by atoms with Gasteiger partial charge in [0.2, 0.25) is 0 Å². The first kappa shape index (κ1) is 8.32. The minimum atomic E-state index is -0.376. The maximum atomic E-state index is 8.62. The molecule has 0 amide bonds. The zero-order valence-corrected chi connectivity index (χ0v) is 7.95. The molecule has 4 heteroatoms. The Balaban J connectivity index is 2.45. The van der Waals surface area contributed by atoms with Gasteiger partial charge in [-0.25, -0.2) is 0 Å². The molecule has 0 unspecified atom stereocenters. The molecule has 0 atom stereocenters. The first-order chi connectivity index (χ1) is 5.29. The van der Waals surface area contributed by atoms with Crippen molar-refractivity contribution >= 4 is 5.96 Å². The summed E-state index contributed by atoms with van der Waals surface area (Å²) in [6.45, 7) is 0. The zero-order chi connectivity index (χ0) is 8.10. The predicted octanol–water partition coefficient (Wildman–Crippen LogP) is -2.67. The number of hydrogen-bond acceptors (Lipinski definition) is 0. The van der Waals surface area contributed by atoms with Gasteiger partial charge in [0.05, 0.1) is 0 Å². The molecule has 11 heavy (non-hydrogen) atoms. The van der Waals surface area contributed by atoms with Crippen LogP contribution in [0.1, 0.15) is 0 Å². The molecule has 0 heterocycles. The summed E-state index contributed by atoms with van der Waals surface area (Å²) < 4.78 is 3.92. The van der Waals surface area contributed by atoms with Crippen LogP contribution >= 0.6 is 0 Å². The molecule has 0 saturated carbocycles. The van der Waals surface area contributed by atoms with E-state index in [1.54, 1.807) is 0 Å². The molecule has 0 aromatic heterocycles. The summed E-state index contributed by atoms with van der Waals surface area (Å²) in [6.07, 6.45) is 0. The van der Waals surface area contributed by atoms with E-state index in [0.717, 1.165) is 0 Å². The third kappa shape index (κ3) is 3.22. The summed E-state index contributed by atoms with van der Waals surface area (Å²) in [5.41, 5.74) is 5.03. The number of nitrogens with two attached hydrogens (primary N) is 1. The van der Waals surface area contributed by atoms with E-state index in [0.29, 0.717) is 0 Å². The Kier molecular flexibility index (Phi) is 3.15. The number of rotatable bonds is 2. The second-order valence-corrected chi connectivity index (χ2v) is 4.19. The first-order valence-corrected chi connectivity index (χ1v) is 5.21. The molecule has 1 rings (SSSR count). The van der Waals surface area contributed by atoms with Crippen LogP contribution in [0.2, 0.25) is 0 Å². The molecule has 60 valence electrons. The van der Waals surface area contributed by atoms with Crippen LogP contribution in [0.15, 0.2) is 30.3 Å². The average Bonchev–Trinajstić information content (AvgIpc) is 2.03. The van der Waals surface area contributed by atoms with Crippen molar-refractivity contribution in [2.45, 2.75) is 0 Å². The second-order valence-electron chi connectivity index (χ2n) is 1.87. The molecule has 3 nitrogen and oxygen atoms in total. The Labute approximate surface area is 76.1 Å². The van der Waals surface area contributed by atoms with Crippen molar-refractivity contribution in [3.8, 4) is 0 Å². The van der Waals surface area contributed by atoms with E-state index < -0.39 is 0 Å². The van der Waals surface area contributed by atoms with Gasteiger partial charge in [-0.3, -0.25) is 0 Å². The Bertz CT molecular complexity index is 235. The van der Waals surface area contributed by atoms with Gasteiger partial charge in [-0.2, -0.15) is 0 Å². The monoisotopic (exact) mass is 261 g/mol. The van der Waals surface area contributed by atoms with Crippen LogP contribution in [0.5, 0.6) is 0 Å². The standard InChI is InChI=1S/C7H8IN3/c9-7(10)11-8-6-4-2-1-3-5-6/h1-5H,(H3-,9,10,11)/q-2.